The molecule has 0 saturated heterocycles. The third-order valence-electron chi connectivity index (χ3n) is 15.0. The van der Waals surface area contributed by atoms with Crippen molar-refractivity contribution in [3.63, 3.8) is 0 Å². The van der Waals surface area contributed by atoms with Crippen LogP contribution in [0, 0.1) is 35.8 Å². The van der Waals surface area contributed by atoms with Crippen molar-refractivity contribution in [3.05, 3.63) is 222 Å². The van der Waals surface area contributed by atoms with E-state index in [1.807, 2.05) is 72.8 Å². The van der Waals surface area contributed by atoms with E-state index in [1.165, 1.54) is 0 Å². The Balaban J connectivity index is 1.24. The first kappa shape index (κ1) is 42.5. The SMILES string of the molecule is [C-]#[N+]c1cc(C#N)cc(-c2c3nc(nc4[nH]c(c(-c5cc(C#N)cc([N+]#[C-])c5)c5nc(cc6[nH]c2c2cc7ccccc7cc62)-c2cc6ccccc6cc2-5)c2cc5ccccc5cc42)-c2cc4ccccc4cc2-3)c1. The molecule has 5 heterocycles. The molecular weight excluding hydrogens is 931 g/mol. The maximum absolute atomic E-state index is 10.5. The van der Waals surface area contributed by atoms with Crippen molar-refractivity contribution in [2.45, 2.75) is 0 Å². The summed E-state index contributed by atoms with van der Waals surface area (Å²) in [4.78, 5) is 32.5. The number of hydrogen-bond acceptors (Lipinski definition) is 5. The Bertz CT molecular complexity index is 4790. The fourth-order valence-corrected chi connectivity index (χ4v) is 11.6. The summed E-state index contributed by atoms with van der Waals surface area (Å²) in [5, 5.41) is 32.8. The van der Waals surface area contributed by atoms with Crippen molar-refractivity contribution < 1.29 is 0 Å². The Morgan fingerprint density at radius 1 is 0.395 bits per heavy atom. The van der Waals surface area contributed by atoms with E-state index in [0.29, 0.717) is 78.8 Å². The molecule has 9 heteroatoms. The lowest BCUT2D eigenvalue weighted by molar-refractivity contribution is 1.27. The van der Waals surface area contributed by atoms with Crippen LogP contribution in [-0.4, -0.2) is 24.9 Å². The molecule has 0 fully saturated rings. The van der Waals surface area contributed by atoms with Gasteiger partial charge in [-0.1, -0.05) is 97.1 Å². The molecule has 13 aromatic rings. The summed E-state index contributed by atoms with van der Waals surface area (Å²) < 4.78 is 0. The second-order valence-corrected chi connectivity index (χ2v) is 19.4. The maximum Gasteiger partial charge on any atom is 0.189 e. The molecule has 0 saturated carbocycles. The van der Waals surface area contributed by atoms with E-state index < -0.39 is 0 Å². The molecule has 3 aromatic heterocycles. The fourth-order valence-electron chi connectivity index (χ4n) is 11.6. The van der Waals surface area contributed by atoms with Gasteiger partial charge >= 0.3 is 0 Å². The highest BCUT2D eigenvalue weighted by Crippen LogP contribution is 2.49. The molecule has 0 radical (unpaired) electrons. The van der Waals surface area contributed by atoms with Gasteiger partial charge in [-0.25, -0.2) is 24.6 Å². The van der Waals surface area contributed by atoms with Gasteiger partial charge in [0.15, 0.2) is 17.2 Å². The summed E-state index contributed by atoms with van der Waals surface area (Å²) in [5.41, 5.74) is 12.3. The molecule has 0 unspecified atom stereocenters. The molecule has 15 rings (SSSR count). The van der Waals surface area contributed by atoms with Crippen LogP contribution in [0.4, 0.5) is 11.4 Å². The number of aromatic nitrogens is 5. The van der Waals surface area contributed by atoms with Gasteiger partial charge in [0.1, 0.15) is 5.65 Å². The maximum atomic E-state index is 10.5. The minimum Gasteiger partial charge on any atom is -0.354 e. The van der Waals surface area contributed by atoms with E-state index in [-0.39, 0.29) is 0 Å². The first-order valence-electron chi connectivity index (χ1n) is 24.7. The van der Waals surface area contributed by atoms with Crippen LogP contribution >= 0.6 is 0 Å². The van der Waals surface area contributed by atoms with Crippen molar-refractivity contribution in [1.29, 1.82) is 10.5 Å². The highest BCUT2D eigenvalue weighted by atomic mass is 15.0. The number of H-pyrrole nitrogens is 2. The predicted molar refractivity (Wildman–Crippen MR) is 306 cm³/mol. The molecule has 76 heavy (non-hydrogen) atoms. The minimum absolute atomic E-state index is 0.328. The van der Waals surface area contributed by atoms with Crippen LogP contribution in [-0.2, 0) is 0 Å². The van der Waals surface area contributed by atoms with E-state index in [9.17, 15) is 10.5 Å². The molecule has 0 atom stereocenters. The molecule has 10 aromatic carbocycles. The molecule has 2 aliphatic rings. The monoisotopic (exact) mass is 963 g/mol. The second-order valence-electron chi connectivity index (χ2n) is 19.4. The first-order valence-corrected chi connectivity index (χ1v) is 24.7. The van der Waals surface area contributed by atoms with Crippen LogP contribution in [0.15, 0.2) is 188 Å². The lowest BCUT2D eigenvalue weighted by atomic mass is 9.93. The van der Waals surface area contributed by atoms with Gasteiger partial charge in [0.2, 0.25) is 0 Å². The van der Waals surface area contributed by atoms with Gasteiger partial charge in [0, 0.05) is 71.6 Å². The van der Waals surface area contributed by atoms with E-state index in [2.05, 4.69) is 135 Å². The van der Waals surface area contributed by atoms with Gasteiger partial charge < -0.3 is 9.97 Å². The molecule has 0 spiro atoms. The van der Waals surface area contributed by atoms with Gasteiger partial charge in [0.25, 0.3) is 0 Å². The van der Waals surface area contributed by atoms with Crippen LogP contribution in [0.25, 0.3) is 164 Å². The van der Waals surface area contributed by atoms with E-state index >= 15 is 0 Å². The van der Waals surface area contributed by atoms with Crippen molar-refractivity contribution in [2.75, 3.05) is 0 Å². The quantitative estimate of drug-likeness (QED) is 0.167. The molecule has 0 aliphatic carbocycles. The number of nitrogens with zero attached hydrogens (tertiary/aromatic N) is 7. The number of aromatic amines is 2. The average Bonchev–Trinajstić information content (AvgIpc) is 4.31. The Morgan fingerprint density at radius 3 is 1.33 bits per heavy atom. The number of hydrogen-bond donors (Lipinski definition) is 2. The van der Waals surface area contributed by atoms with E-state index in [1.54, 1.807) is 12.1 Å². The summed E-state index contributed by atoms with van der Waals surface area (Å²) in [6.07, 6.45) is 0. The lowest BCUT2D eigenvalue weighted by Crippen LogP contribution is -1.88. The number of benzene rings is 10. The van der Waals surface area contributed by atoms with Crippen molar-refractivity contribution in [2.24, 2.45) is 0 Å². The van der Waals surface area contributed by atoms with Crippen LogP contribution in [0.2, 0.25) is 0 Å². The zero-order chi connectivity index (χ0) is 50.8. The summed E-state index contributed by atoms with van der Waals surface area (Å²) in [6, 6.07) is 67.9. The molecule has 0 amide bonds. The zero-order valence-corrected chi connectivity index (χ0v) is 40.0. The Labute approximate surface area is 433 Å². The Morgan fingerprint density at radius 2 is 0.816 bits per heavy atom. The summed E-state index contributed by atoms with van der Waals surface area (Å²) >= 11 is 0. The predicted octanol–water partition coefficient (Wildman–Crippen LogP) is 17.5. The highest BCUT2D eigenvalue weighted by molar-refractivity contribution is 6.20. The third-order valence-corrected chi connectivity index (χ3v) is 15.0. The Kier molecular flexibility index (Phi) is 9.02. The van der Waals surface area contributed by atoms with Gasteiger partial charge in [0.05, 0.1) is 53.4 Å². The standard InChI is InChI=1S/C67H33N9/c1-70-48-21-36(34-68)19-46(23-48)60-62-52-27-40-13-5-3-11-38(40)25-50(52)58(72-62)33-59-51-26-39-12-4-6-14-41(39)28-53(51)63(73-59)61(47-20-37(35-69)22-49(24-47)71-2)65-55-30-43-16-8-10-18-45(43)32-57(55)67(75-65)76-66-56-31-44-17-9-7-15-42(44)29-54(56)64(60)74-66/h3-33,72H,(H,74,75,76). The average molecular weight is 964 g/mol. The number of nitriles is 2. The van der Waals surface area contributed by atoms with E-state index in [4.69, 9.17) is 28.1 Å². The normalized spacial score (nSPS) is 11.6. The first-order chi connectivity index (χ1) is 37.4. The van der Waals surface area contributed by atoms with Crippen molar-refractivity contribution in [3.8, 4) is 79.6 Å². The zero-order valence-electron chi connectivity index (χ0n) is 40.0. The topological polar surface area (TPSA) is 127 Å². The van der Waals surface area contributed by atoms with E-state index in [0.717, 1.165) is 97.9 Å². The molecule has 9 nitrogen and oxygen atoms in total. The van der Waals surface area contributed by atoms with Gasteiger partial charge in [-0.15, -0.1) is 0 Å². The van der Waals surface area contributed by atoms with Crippen LogP contribution in [0.5, 0.6) is 0 Å². The van der Waals surface area contributed by atoms with Gasteiger partial charge in [-0.3, -0.25) is 0 Å². The largest absolute Gasteiger partial charge is 0.354 e. The molecule has 2 aliphatic heterocycles. The number of fused-ring (bicyclic) bond motifs is 24. The molecular formula is C67H33N9. The van der Waals surface area contributed by atoms with Crippen LogP contribution < -0.4 is 0 Å². The van der Waals surface area contributed by atoms with Crippen LogP contribution in [0.1, 0.15) is 11.1 Å². The number of rotatable bonds is 2. The Hall–Kier alpha value is -11.2. The third kappa shape index (κ3) is 6.45. The summed E-state index contributed by atoms with van der Waals surface area (Å²) in [7, 11) is 0. The van der Waals surface area contributed by atoms with Crippen LogP contribution in [0.3, 0.4) is 0 Å². The lowest BCUT2D eigenvalue weighted by Gasteiger charge is -2.10. The van der Waals surface area contributed by atoms with Crippen molar-refractivity contribution >= 4 is 98.2 Å². The fraction of sp³-hybridized carbons (Fsp3) is 0. The second kappa shape index (κ2) is 16.1. The summed E-state index contributed by atoms with van der Waals surface area (Å²) in [6.45, 7) is 16.4. The number of nitrogens with one attached hydrogen (secondary N) is 2. The summed E-state index contributed by atoms with van der Waals surface area (Å²) in [5.74, 6) is 0.465. The molecule has 346 valence electrons. The smallest absolute Gasteiger partial charge is 0.189 e. The minimum atomic E-state index is 0.328. The highest BCUT2D eigenvalue weighted by Gasteiger charge is 2.28. The molecule has 2 N–H and O–H groups in total. The van der Waals surface area contributed by atoms with Crippen molar-refractivity contribution in [1.82, 2.24) is 24.9 Å². The molecule has 8 bridgehead atoms. The van der Waals surface area contributed by atoms with Gasteiger partial charge in [-0.2, -0.15) is 10.5 Å². The van der Waals surface area contributed by atoms with Gasteiger partial charge in [-0.05, 0) is 145 Å².